The molecular weight excluding hydrogens is 271 g/mol. The molecule has 116 valence electrons. The number of hydrogen-bond donors (Lipinski definition) is 1. The average Bonchev–Trinajstić information content (AvgIpc) is 2.97. The maximum absolute atomic E-state index is 13.3. The van der Waals surface area contributed by atoms with Crippen LogP contribution in [-0.4, -0.2) is 43.7 Å². The Kier molecular flexibility index (Phi) is 6.14. The van der Waals surface area contributed by atoms with E-state index in [-0.39, 0.29) is 17.8 Å². The summed E-state index contributed by atoms with van der Waals surface area (Å²) in [5, 5.41) is 2.98. The summed E-state index contributed by atoms with van der Waals surface area (Å²) in [5.74, 6) is -0.198. The van der Waals surface area contributed by atoms with Gasteiger partial charge in [0.05, 0.1) is 6.10 Å². The standard InChI is InChI=1S/C16H23FN2O2/c1-18-8-7-16(20)19(12-15-6-3-9-21-15)11-13-4-2-5-14(17)10-13/h2,4-5,10,15,18H,3,6-9,11-12H2,1H3. The number of carbonyl (C=O) groups excluding carboxylic acids is 1. The van der Waals surface area contributed by atoms with Crippen molar-refractivity contribution in [1.29, 1.82) is 0 Å². The highest BCUT2D eigenvalue weighted by Gasteiger charge is 2.22. The monoisotopic (exact) mass is 294 g/mol. The summed E-state index contributed by atoms with van der Waals surface area (Å²) in [5.41, 5.74) is 0.811. The van der Waals surface area contributed by atoms with Gasteiger partial charge in [0.1, 0.15) is 5.82 Å². The zero-order valence-electron chi connectivity index (χ0n) is 12.5. The normalized spacial score (nSPS) is 17.9. The second kappa shape index (κ2) is 8.10. The van der Waals surface area contributed by atoms with E-state index < -0.39 is 0 Å². The Bertz CT molecular complexity index is 461. The average molecular weight is 294 g/mol. The summed E-state index contributed by atoms with van der Waals surface area (Å²) in [6.07, 6.45) is 2.58. The lowest BCUT2D eigenvalue weighted by atomic mass is 10.1. The zero-order valence-corrected chi connectivity index (χ0v) is 12.5. The topological polar surface area (TPSA) is 41.6 Å². The molecule has 0 spiro atoms. The van der Waals surface area contributed by atoms with Crippen molar-refractivity contribution in [3.8, 4) is 0 Å². The molecule has 1 atom stereocenters. The number of halogens is 1. The Morgan fingerprint density at radius 2 is 2.38 bits per heavy atom. The Morgan fingerprint density at radius 3 is 3.05 bits per heavy atom. The van der Waals surface area contributed by atoms with Gasteiger partial charge in [-0.15, -0.1) is 0 Å². The largest absolute Gasteiger partial charge is 0.376 e. The van der Waals surface area contributed by atoms with Gasteiger partial charge in [-0.1, -0.05) is 12.1 Å². The van der Waals surface area contributed by atoms with Gasteiger partial charge in [-0.3, -0.25) is 4.79 Å². The Labute approximate surface area is 125 Å². The van der Waals surface area contributed by atoms with Gasteiger partial charge in [-0.05, 0) is 37.6 Å². The molecule has 0 radical (unpaired) electrons. The molecule has 0 aromatic heterocycles. The van der Waals surface area contributed by atoms with Crippen LogP contribution in [0.25, 0.3) is 0 Å². The van der Waals surface area contributed by atoms with Crippen molar-refractivity contribution in [2.24, 2.45) is 0 Å². The van der Waals surface area contributed by atoms with Crippen molar-refractivity contribution >= 4 is 5.91 Å². The Hall–Kier alpha value is -1.46. The van der Waals surface area contributed by atoms with Crippen molar-refractivity contribution in [2.45, 2.75) is 31.9 Å². The van der Waals surface area contributed by atoms with Crippen molar-refractivity contribution < 1.29 is 13.9 Å². The molecule has 0 aliphatic carbocycles. The van der Waals surface area contributed by atoms with Crippen molar-refractivity contribution in [3.05, 3.63) is 35.6 Å². The fourth-order valence-corrected chi connectivity index (χ4v) is 2.53. The number of nitrogens with zero attached hydrogens (tertiary/aromatic N) is 1. The Balaban J connectivity index is 2.01. The molecule has 1 amide bonds. The molecule has 5 heteroatoms. The molecule has 1 aromatic carbocycles. The van der Waals surface area contributed by atoms with Crippen LogP contribution in [0.2, 0.25) is 0 Å². The SMILES string of the molecule is CNCCC(=O)N(Cc1cccc(F)c1)CC1CCCO1. The minimum atomic E-state index is -0.271. The van der Waals surface area contributed by atoms with E-state index in [1.54, 1.807) is 11.0 Å². The molecular formula is C16H23FN2O2. The van der Waals surface area contributed by atoms with Gasteiger partial charge in [0, 0.05) is 32.7 Å². The predicted molar refractivity (Wildman–Crippen MR) is 79.3 cm³/mol. The van der Waals surface area contributed by atoms with Gasteiger partial charge >= 0.3 is 0 Å². The van der Waals surface area contributed by atoms with Crippen LogP contribution >= 0.6 is 0 Å². The molecule has 1 N–H and O–H groups in total. The first-order valence-electron chi connectivity index (χ1n) is 7.47. The second-order valence-corrected chi connectivity index (χ2v) is 5.39. The summed E-state index contributed by atoms with van der Waals surface area (Å²) in [4.78, 5) is 14.1. The van der Waals surface area contributed by atoms with E-state index >= 15 is 0 Å². The fourth-order valence-electron chi connectivity index (χ4n) is 2.53. The Morgan fingerprint density at radius 1 is 1.52 bits per heavy atom. The van der Waals surface area contributed by atoms with Gasteiger partial charge in [0.2, 0.25) is 5.91 Å². The number of ether oxygens (including phenoxy) is 1. The lowest BCUT2D eigenvalue weighted by Crippen LogP contribution is -2.38. The number of amides is 1. The molecule has 1 saturated heterocycles. The van der Waals surface area contributed by atoms with Crippen LogP contribution in [0.15, 0.2) is 24.3 Å². The summed E-state index contributed by atoms with van der Waals surface area (Å²) in [7, 11) is 1.82. The third-order valence-corrected chi connectivity index (χ3v) is 3.65. The number of hydrogen-bond acceptors (Lipinski definition) is 3. The van der Waals surface area contributed by atoms with Crippen LogP contribution in [-0.2, 0) is 16.1 Å². The zero-order chi connectivity index (χ0) is 15.1. The molecule has 1 fully saturated rings. The molecule has 0 saturated carbocycles. The second-order valence-electron chi connectivity index (χ2n) is 5.39. The summed E-state index contributed by atoms with van der Waals surface area (Å²) in [6.45, 7) is 2.42. The smallest absolute Gasteiger partial charge is 0.224 e. The molecule has 2 rings (SSSR count). The molecule has 1 aromatic rings. The fraction of sp³-hybridized carbons (Fsp3) is 0.562. The highest BCUT2D eigenvalue weighted by atomic mass is 19.1. The summed E-state index contributed by atoms with van der Waals surface area (Å²) < 4.78 is 18.9. The van der Waals surface area contributed by atoms with Crippen LogP contribution in [0.5, 0.6) is 0 Å². The highest BCUT2D eigenvalue weighted by Crippen LogP contribution is 2.16. The first-order chi connectivity index (χ1) is 10.2. The van der Waals surface area contributed by atoms with Crippen molar-refractivity contribution in [2.75, 3.05) is 26.7 Å². The summed E-state index contributed by atoms with van der Waals surface area (Å²) in [6, 6.07) is 6.41. The van der Waals surface area contributed by atoms with E-state index in [4.69, 9.17) is 4.74 Å². The summed E-state index contributed by atoms with van der Waals surface area (Å²) >= 11 is 0. The predicted octanol–water partition coefficient (Wildman–Crippen LogP) is 1.94. The molecule has 1 aliphatic rings. The van der Waals surface area contributed by atoms with Gasteiger partial charge in [0.15, 0.2) is 0 Å². The molecule has 1 unspecified atom stereocenters. The number of carbonyl (C=O) groups is 1. The van der Waals surface area contributed by atoms with Gasteiger partial charge in [-0.25, -0.2) is 4.39 Å². The lowest BCUT2D eigenvalue weighted by Gasteiger charge is -2.25. The van der Waals surface area contributed by atoms with E-state index in [1.807, 2.05) is 13.1 Å². The van der Waals surface area contributed by atoms with Gasteiger partial charge < -0.3 is 15.0 Å². The number of benzene rings is 1. The van der Waals surface area contributed by atoms with Crippen LogP contribution in [0.1, 0.15) is 24.8 Å². The minimum absolute atomic E-state index is 0.0733. The molecule has 4 nitrogen and oxygen atoms in total. The van der Waals surface area contributed by atoms with Crippen LogP contribution in [0.3, 0.4) is 0 Å². The quantitative estimate of drug-likeness (QED) is 0.835. The molecule has 1 heterocycles. The van der Waals surface area contributed by atoms with Gasteiger partial charge in [0.25, 0.3) is 0 Å². The van der Waals surface area contributed by atoms with E-state index in [1.165, 1.54) is 12.1 Å². The van der Waals surface area contributed by atoms with Gasteiger partial charge in [-0.2, -0.15) is 0 Å². The van der Waals surface area contributed by atoms with E-state index in [0.717, 1.165) is 25.0 Å². The van der Waals surface area contributed by atoms with Crippen LogP contribution in [0, 0.1) is 5.82 Å². The molecule has 1 aliphatic heterocycles. The van der Waals surface area contributed by atoms with E-state index in [2.05, 4.69) is 5.32 Å². The lowest BCUT2D eigenvalue weighted by molar-refractivity contribution is -0.133. The van der Waals surface area contributed by atoms with E-state index in [9.17, 15) is 9.18 Å². The third kappa shape index (κ3) is 5.10. The van der Waals surface area contributed by atoms with E-state index in [0.29, 0.717) is 26.1 Å². The number of nitrogens with one attached hydrogen (secondary N) is 1. The number of rotatable bonds is 7. The van der Waals surface area contributed by atoms with Crippen LogP contribution < -0.4 is 5.32 Å². The van der Waals surface area contributed by atoms with Crippen LogP contribution in [0.4, 0.5) is 4.39 Å². The first kappa shape index (κ1) is 15.9. The maximum Gasteiger partial charge on any atom is 0.224 e. The minimum Gasteiger partial charge on any atom is -0.376 e. The van der Waals surface area contributed by atoms with Crippen molar-refractivity contribution in [1.82, 2.24) is 10.2 Å². The molecule has 0 bridgehead atoms. The third-order valence-electron chi connectivity index (χ3n) is 3.65. The molecule has 21 heavy (non-hydrogen) atoms. The maximum atomic E-state index is 13.3. The highest BCUT2D eigenvalue weighted by molar-refractivity contribution is 5.76. The first-order valence-corrected chi connectivity index (χ1v) is 7.47. The van der Waals surface area contributed by atoms with Crippen molar-refractivity contribution in [3.63, 3.8) is 0 Å².